The molecule has 0 aliphatic rings. The Morgan fingerprint density at radius 2 is 1.20 bits per heavy atom. The number of rotatable bonds is 11. The number of hydrogen-bond acceptors (Lipinski definition) is 10. The van der Waals surface area contributed by atoms with Crippen molar-refractivity contribution in [3.05, 3.63) is 82.7 Å². The minimum Gasteiger partial charge on any atom is -0.394 e. The first kappa shape index (κ1) is 37.8. The molecule has 0 radical (unpaired) electrons. The molecule has 0 saturated heterocycles. The normalized spacial score (nSPS) is 12.0. The van der Waals surface area contributed by atoms with Crippen LogP contribution in [-0.2, 0) is 6.42 Å². The number of aryl methyl sites for hydroxylation is 2. The molecule has 4 rings (SSSR count). The molecule has 2 aromatic carbocycles. The van der Waals surface area contributed by atoms with Gasteiger partial charge in [0.2, 0.25) is 0 Å². The number of aromatic nitrogens is 4. The zero-order chi connectivity index (χ0) is 33.3. The number of aliphatic hydroxyl groups excluding tert-OH is 4. The minimum absolute atomic E-state index is 0. The molecule has 0 spiro atoms. The number of anilines is 2. The summed E-state index contributed by atoms with van der Waals surface area (Å²) in [6, 6.07) is 6.01. The Morgan fingerprint density at radius 1 is 0.674 bits per heavy atom. The van der Waals surface area contributed by atoms with Crippen molar-refractivity contribution in [2.24, 2.45) is 0 Å². The number of nitrogens with zero attached hydrogens (tertiary/aromatic N) is 4. The van der Waals surface area contributed by atoms with Crippen molar-refractivity contribution >= 4 is 11.6 Å². The van der Waals surface area contributed by atoms with Crippen LogP contribution in [-0.4, -0.2) is 78.9 Å². The van der Waals surface area contributed by atoms with Crippen LogP contribution in [0, 0.1) is 41.8 Å². The average molecular weight is 657 g/mol. The third-order valence-electron chi connectivity index (χ3n) is 5.93. The van der Waals surface area contributed by atoms with E-state index in [0.29, 0.717) is 29.7 Å². The fourth-order valence-corrected chi connectivity index (χ4v) is 3.66. The van der Waals surface area contributed by atoms with Crippen molar-refractivity contribution in [3.8, 4) is 22.8 Å². The minimum atomic E-state index is -1.55. The third-order valence-corrected chi connectivity index (χ3v) is 5.93. The fourth-order valence-electron chi connectivity index (χ4n) is 3.66. The van der Waals surface area contributed by atoms with Gasteiger partial charge in [-0.2, -0.15) is 0 Å². The van der Waals surface area contributed by atoms with E-state index >= 15 is 0 Å². The molecule has 0 aliphatic heterocycles. The molecule has 1 unspecified atom stereocenters. The van der Waals surface area contributed by atoms with Gasteiger partial charge in [0.15, 0.2) is 40.7 Å². The second-order valence-corrected chi connectivity index (χ2v) is 9.58. The van der Waals surface area contributed by atoms with Gasteiger partial charge in [0.1, 0.15) is 17.5 Å². The highest BCUT2D eigenvalue weighted by atomic mass is 19.2. The second kappa shape index (κ2) is 17.4. The molecule has 10 nitrogen and oxygen atoms in total. The molecule has 250 valence electrons. The van der Waals surface area contributed by atoms with Gasteiger partial charge >= 0.3 is 0 Å². The van der Waals surface area contributed by atoms with Gasteiger partial charge in [-0.25, -0.2) is 46.3 Å². The molecule has 0 fully saturated rings. The van der Waals surface area contributed by atoms with Crippen molar-refractivity contribution in [1.29, 1.82) is 0 Å². The monoisotopic (exact) mass is 656 g/mol. The van der Waals surface area contributed by atoms with Crippen LogP contribution in [0.5, 0.6) is 0 Å². The standard InChI is InChI=1S/C15H16F3N3O2.C14H14F3N3O2.CH4/c1-2-9-5-13(19-6-10(23)7-22)21-15(20-9)8-3-11(16)14(18)12(17)4-8;1-7-2-12(18-5-9(22)6-21)20-14(19-7)10-3-8(15)4-11(16)13(10)17;/h3-5,10,22-23H,2,6-7H2,1H3,(H,19,20,21);2-4,9,21-22H,5-6H2,1H3,(H,18,19,20);1H4/t;9-;/m.0./s1. The van der Waals surface area contributed by atoms with Crippen molar-refractivity contribution in [2.75, 3.05) is 36.9 Å². The molecule has 0 amide bonds. The first-order valence-corrected chi connectivity index (χ1v) is 13.4. The van der Waals surface area contributed by atoms with Crippen LogP contribution < -0.4 is 10.6 Å². The fraction of sp³-hybridized carbons (Fsp3) is 0.333. The first-order chi connectivity index (χ1) is 21.3. The number of halogens is 6. The van der Waals surface area contributed by atoms with Gasteiger partial charge in [0.05, 0.1) is 31.0 Å². The van der Waals surface area contributed by atoms with E-state index in [1.54, 1.807) is 13.0 Å². The summed E-state index contributed by atoms with van der Waals surface area (Å²) in [6.07, 6.45) is -1.43. The molecule has 16 heteroatoms. The lowest BCUT2D eigenvalue weighted by Gasteiger charge is -2.12. The first-order valence-electron chi connectivity index (χ1n) is 13.4. The Balaban J connectivity index is 0.000000314. The van der Waals surface area contributed by atoms with E-state index in [-0.39, 0.29) is 43.5 Å². The van der Waals surface area contributed by atoms with Gasteiger partial charge in [-0.15, -0.1) is 0 Å². The molecule has 4 aromatic rings. The van der Waals surface area contributed by atoms with Crippen molar-refractivity contribution in [2.45, 2.75) is 39.9 Å². The number of nitrogens with one attached hydrogen (secondary N) is 2. The Labute approximate surface area is 260 Å². The van der Waals surface area contributed by atoms with Gasteiger partial charge in [-0.1, -0.05) is 14.4 Å². The topological polar surface area (TPSA) is 157 Å². The predicted octanol–water partition coefficient (Wildman–Crippen LogP) is 4.16. The lowest BCUT2D eigenvalue weighted by molar-refractivity contribution is 0.105. The van der Waals surface area contributed by atoms with Gasteiger partial charge in [0, 0.05) is 48.2 Å². The van der Waals surface area contributed by atoms with Crippen molar-refractivity contribution < 1.29 is 46.8 Å². The number of hydrogen-bond donors (Lipinski definition) is 6. The van der Waals surface area contributed by atoms with E-state index in [1.807, 2.05) is 6.92 Å². The van der Waals surface area contributed by atoms with Crippen molar-refractivity contribution in [1.82, 2.24) is 19.9 Å². The largest absolute Gasteiger partial charge is 0.394 e. The maximum absolute atomic E-state index is 13.8. The SMILES string of the molecule is C.CCc1cc(NCC(O)CO)nc(-c2cc(F)c(F)c(F)c2)n1.Cc1cc(NC[C@H](O)CO)nc(-c2cc(F)cc(F)c2F)n1. The Bertz CT molecular complexity index is 1590. The van der Waals surface area contributed by atoms with E-state index < -0.39 is 65.9 Å². The predicted molar refractivity (Wildman–Crippen MR) is 159 cm³/mol. The molecular weight excluding hydrogens is 622 g/mol. The summed E-state index contributed by atoms with van der Waals surface area (Å²) in [7, 11) is 0. The summed E-state index contributed by atoms with van der Waals surface area (Å²) >= 11 is 0. The van der Waals surface area contributed by atoms with Crippen LogP contribution in [0.3, 0.4) is 0 Å². The lowest BCUT2D eigenvalue weighted by Crippen LogP contribution is -2.23. The highest BCUT2D eigenvalue weighted by Gasteiger charge is 2.17. The quantitative estimate of drug-likeness (QED) is 0.0788. The van der Waals surface area contributed by atoms with E-state index in [2.05, 4.69) is 30.6 Å². The molecule has 46 heavy (non-hydrogen) atoms. The van der Waals surface area contributed by atoms with Gasteiger partial charge in [-0.3, -0.25) is 0 Å². The van der Waals surface area contributed by atoms with Crippen LogP contribution in [0.2, 0.25) is 0 Å². The van der Waals surface area contributed by atoms with E-state index in [1.165, 1.54) is 6.07 Å². The summed E-state index contributed by atoms with van der Waals surface area (Å²) in [5.74, 6) is -7.30. The maximum atomic E-state index is 13.8. The van der Waals surface area contributed by atoms with Gasteiger partial charge < -0.3 is 31.1 Å². The van der Waals surface area contributed by atoms with Gasteiger partial charge in [-0.05, 0) is 31.5 Å². The summed E-state index contributed by atoms with van der Waals surface area (Å²) in [5.41, 5.74) is 0.644. The van der Waals surface area contributed by atoms with Gasteiger partial charge in [0.25, 0.3) is 0 Å². The van der Waals surface area contributed by atoms with E-state index in [4.69, 9.17) is 10.2 Å². The molecular formula is C30H34F6N6O4. The summed E-state index contributed by atoms with van der Waals surface area (Å²) in [4.78, 5) is 16.2. The van der Waals surface area contributed by atoms with Crippen LogP contribution in [0.25, 0.3) is 22.8 Å². The average Bonchev–Trinajstić information content (AvgIpc) is 3.02. The van der Waals surface area contributed by atoms with E-state index in [0.717, 1.165) is 18.2 Å². The zero-order valence-corrected chi connectivity index (χ0v) is 24.0. The van der Waals surface area contributed by atoms with Crippen LogP contribution >= 0.6 is 0 Å². The molecule has 0 bridgehead atoms. The maximum Gasteiger partial charge on any atom is 0.194 e. The molecule has 2 atom stereocenters. The molecule has 2 aromatic heterocycles. The Morgan fingerprint density at radius 3 is 1.74 bits per heavy atom. The Hall–Kier alpha value is -4.38. The third kappa shape index (κ3) is 10.3. The summed E-state index contributed by atoms with van der Waals surface area (Å²) < 4.78 is 80.1. The number of benzene rings is 2. The molecule has 6 N–H and O–H groups in total. The summed E-state index contributed by atoms with van der Waals surface area (Å²) in [6.45, 7) is 2.64. The van der Waals surface area contributed by atoms with E-state index in [9.17, 15) is 36.6 Å². The molecule has 0 aliphatic carbocycles. The van der Waals surface area contributed by atoms with Crippen LogP contribution in [0.15, 0.2) is 36.4 Å². The smallest absolute Gasteiger partial charge is 0.194 e. The van der Waals surface area contributed by atoms with Crippen LogP contribution in [0.1, 0.15) is 25.7 Å². The number of aliphatic hydroxyl groups is 4. The molecule has 0 saturated carbocycles. The lowest BCUT2D eigenvalue weighted by atomic mass is 10.1. The highest BCUT2D eigenvalue weighted by molar-refractivity contribution is 5.59. The zero-order valence-electron chi connectivity index (χ0n) is 24.0. The Kier molecular flexibility index (Phi) is 14.3. The second-order valence-electron chi connectivity index (χ2n) is 9.58. The highest BCUT2D eigenvalue weighted by Crippen LogP contribution is 2.25. The van der Waals surface area contributed by atoms with Crippen molar-refractivity contribution in [3.63, 3.8) is 0 Å². The summed E-state index contributed by atoms with van der Waals surface area (Å²) in [5, 5.41) is 41.7. The van der Waals surface area contributed by atoms with Crippen LogP contribution in [0.4, 0.5) is 38.0 Å². The molecule has 2 heterocycles.